The smallest absolute Gasteiger partial charge is 0.220 e. The van der Waals surface area contributed by atoms with Crippen LogP contribution in [0, 0.1) is 3.57 Å². The molecule has 1 aliphatic rings. The molecule has 1 amide bonds. The van der Waals surface area contributed by atoms with Gasteiger partial charge in [-0.15, -0.1) is 0 Å². The molecule has 4 heteroatoms. The van der Waals surface area contributed by atoms with Crippen LogP contribution in [0.5, 0.6) is 0 Å². The SMILES string of the molecule is O=C1C[C@H](c2ccc(Cl)cc2I)CN1. The number of nitrogens with one attached hydrogen (secondary N) is 1. The number of hydrogen-bond donors (Lipinski definition) is 1. The first-order chi connectivity index (χ1) is 6.66. The number of halogens is 2. The van der Waals surface area contributed by atoms with Gasteiger partial charge in [0, 0.05) is 27.5 Å². The maximum atomic E-state index is 11.1. The summed E-state index contributed by atoms with van der Waals surface area (Å²) in [5, 5.41) is 3.58. The van der Waals surface area contributed by atoms with E-state index in [4.69, 9.17) is 11.6 Å². The quantitative estimate of drug-likeness (QED) is 0.791. The highest BCUT2D eigenvalue weighted by molar-refractivity contribution is 14.1. The van der Waals surface area contributed by atoms with Crippen LogP contribution in [-0.2, 0) is 4.79 Å². The van der Waals surface area contributed by atoms with Crippen LogP contribution in [0.2, 0.25) is 5.02 Å². The molecule has 1 atom stereocenters. The molecule has 14 heavy (non-hydrogen) atoms. The first-order valence-electron chi connectivity index (χ1n) is 4.38. The van der Waals surface area contributed by atoms with Crippen LogP contribution in [0.4, 0.5) is 0 Å². The highest BCUT2D eigenvalue weighted by atomic mass is 127. The number of carbonyl (C=O) groups is 1. The molecule has 0 saturated carbocycles. The first-order valence-corrected chi connectivity index (χ1v) is 5.84. The fraction of sp³-hybridized carbons (Fsp3) is 0.300. The second kappa shape index (κ2) is 4.06. The minimum Gasteiger partial charge on any atom is -0.355 e. The zero-order valence-electron chi connectivity index (χ0n) is 7.39. The molecule has 0 spiro atoms. The summed E-state index contributed by atoms with van der Waals surface area (Å²) in [5.74, 6) is 0.451. The van der Waals surface area contributed by atoms with E-state index in [1.54, 1.807) is 0 Å². The van der Waals surface area contributed by atoms with Gasteiger partial charge in [0.1, 0.15) is 0 Å². The number of amides is 1. The van der Waals surface area contributed by atoms with Crippen molar-refractivity contribution in [1.82, 2.24) is 5.32 Å². The van der Waals surface area contributed by atoms with E-state index in [2.05, 4.69) is 27.9 Å². The molecule has 2 nitrogen and oxygen atoms in total. The van der Waals surface area contributed by atoms with E-state index in [9.17, 15) is 4.79 Å². The van der Waals surface area contributed by atoms with Gasteiger partial charge < -0.3 is 5.32 Å². The Morgan fingerprint density at radius 1 is 1.50 bits per heavy atom. The maximum Gasteiger partial charge on any atom is 0.220 e. The molecule has 0 unspecified atom stereocenters. The Kier molecular flexibility index (Phi) is 2.97. The molecule has 1 N–H and O–H groups in total. The minimum atomic E-state index is 0.140. The van der Waals surface area contributed by atoms with Gasteiger partial charge in [-0.1, -0.05) is 17.7 Å². The third-order valence-electron chi connectivity index (χ3n) is 2.38. The largest absolute Gasteiger partial charge is 0.355 e. The molecule has 1 heterocycles. The summed E-state index contributed by atoms with van der Waals surface area (Å²) < 4.78 is 1.14. The number of rotatable bonds is 1. The van der Waals surface area contributed by atoms with Gasteiger partial charge in [-0.2, -0.15) is 0 Å². The van der Waals surface area contributed by atoms with Crippen LogP contribution in [0.25, 0.3) is 0 Å². The van der Waals surface area contributed by atoms with E-state index in [-0.39, 0.29) is 5.91 Å². The summed E-state index contributed by atoms with van der Waals surface area (Å²) in [4.78, 5) is 11.1. The van der Waals surface area contributed by atoms with Crippen molar-refractivity contribution in [3.63, 3.8) is 0 Å². The lowest BCUT2D eigenvalue weighted by molar-refractivity contribution is -0.119. The van der Waals surface area contributed by atoms with Crippen molar-refractivity contribution in [3.8, 4) is 0 Å². The average Bonchev–Trinajstić information content (AvgIpc) is 2.51. The molecular formula is C10H9ClINO. The second-order valence-electron chi connectivity index (χ2n) is 3.37. The second-order valence-corrected chi connectivity index (χ2v) is 4.97. The lowest BCUT2D eigenvalue weighted by Gasteiger charge is -2.10. The van der Waals surface area contributed by atoms with Gasteiger partial charge in [0.05, 0.1) is 0 Å². The van der Waals surface area contributed by atoms with Gasteiger partial charge in [0.25, 0.3) is 0 Å². The Morgan fingerprint density at radius 2 is 2.29 bits per heavy atom. The molecule has 1 saturated heterocycles. The molecule has 2 rings (SSSR count). The van der Waals surface area contributed by atoms with Gasteiger partial charge in [-0.3, -0.25) is 4.79 Å². The van der Waals surface area contributed by atoms with E-state index in [0.29, 0.717) is 12.3 Å². The number of hydrogen-bond acceptors (Lipinski definition) is 1. The van der Waals surface area contributed by atoms with Crippen molar-refractivity contribution in [1.29, 1.82) is 0 Å². The summed E-state index contributed by atoms with van der Waals surface area (Å²) >= 11 is 8.12. The lowest BCUT2D eigenvalue weighted by Crippen LogP contribution is -2.13. The molecular weight excluding hydrogens is 312 g/mol. The van der Waals surface area contributed by atoms with E-state index in [0.717, 1.165) is 15.1 Å². The van der Waals surface area contributed by atoms with E-state index in [1.165, 1.54) is 5.56 Å². The number of benzene rings is 1. The Morgan fingerprint density at radius 3 is 2.86 bits per heavy atom. The zero-order chi connectivity index (χ0) is 10.1. The molecule has 74 valence electrons. The molecule has 1 aromatic rings. The van der Waals surface area contributed by atoms with Crippen LogP contribution in [0.3, 0.4) is 0 Å². The zero-order valence-corrected chi connectivity index (χ0v) is 10.3. The van der Waals surface area contributed by atoms with Crippen molar-refractivity contribution in [2.75, 3.05) is 6.54 Å². The Labute approximate surface area is 101 Å². The molecule has 1 fully saturated rings. The van der Waals surface area contributed by atoms with E-state index >= 15 is 0 Å². The normalized spacial score (nSPS) is 21.0. The van der Waals surface area contributed by atoms with Crippen molar-refractivity contribution >= 4 is 40.1 Å². The van der Waals surface area contributed by atoms with Gasteiger partial charge in [-0.05, 0) is 40.3 Å². The van der Waals surface area contributed by atoms with Crippen molar-refractivity contribution in [3.05, 3.63) is 32.4 Å². The summed E-state index contributed by atoms with van der Waals surface area (Å²) in [6.45, 7) is 0.746. The Bertz CT molecular complexity index is 380. The van der Waals surface area contributed by atoms with Crippen molar-refractivity contribution in [2.24, 2.45) is 0 Å². The fourth-order valence-corrected chi connectivity index (χ4v) is 2.97. The Hall–Kier alpha value is -0.290. The summed E-state index contributed by atoms with van der Waals surface area (Å²) in [6.07, 6.45) is 0.595. The van der Waals surface area contributed by atoms with Crippen LogP contribution in [-0.4, -0.2) is 12.5 Å². The first kappa shape index (κ1) is 10.2. The third kappa shape index (κ3) is 2.03. The van der Waals surface area contributed by atoms with Gasteiger partial charge in [-0.25, -0.2) is 0 Å². The standard InChI is InChI=1S/C10H9ClINO/c11-7-1-2-8(9(12)4-7)6-3-10(14)13-5-6/h1-2,4,6H,3,5H2,(H,13,14)/t6-/m0/s1. The van der Waals surface area contributed by atoms with Crippen LogP contribution in [0.15, 0.2) is 18.2 Å². The molecule has 0 aromatic heterocycles. The van der Waals surface area contributed by atoms with Crippen LogP contribution in [0.1, 0.15) is 17.9 Å². The fourth-order valence-electron chi connectivity index (χ4n) is 1.66. The predicted octanol–water partition coefficient (Wildman–Crippen LogP) is 2.55. The van der Waals surface area contributed by atoms with Crippen molar-refractivity contribution in [2.45, 2.75) is 12.3 Å². The highest BCUT2D eigenvalue weighted by Crippen LogP contribution is 2.28. The average molecular weight is 322 g/mol. The van der Waals surface area contributed by atoms with Crippen LogP contribution < -0.4 is 5.32 Å². The lowest BCUT2D eigenvalue weighted by atomic mass is 9.98. The van der Waals surface area contributed by atoms with E-state index in [1.807, 2.05) is 18.2 Å². The molecule has 0 radical (unpaired) electrons. The summed E-state index contributed by atoms with van der Waals surface area (Å²) in [5.41, 5.74) is 1.22. The van der Waals surface area contributed by atoms with Gasteiger partial charge in [0.15, 0.2) is 0 Å². The predicted molar refractivity (Wildman–Crippen MR) is 64.5 cm³/mol. The van der Waals surface area contributed by atoms with Crippen molar-refractivity contribution < 1.29 is 4.79 Å². The Balaban J connectivity index is 2.28. The summed E-state index contributed by atoms with van der Waals surface area (Å²) in [7, 11) is 0. The minimum absolute atomic E-state index is 0.140. The molecule has 0 aliphatic carbocycles. The van der Waals surface area contributed by atoms with Gasteiger partial charge >= 0.3 is 0 Å². The maximum absolute atomic E-state index is 11.1. The van der Waals surface area contributed by atoms with E-state index < -0.39 is 0 Å². The topological polar surface area (TPSA) is 29.1 Å². The molecule has 1 aromatic carbocycles. The monoisotopic (exact) mass is 321 g/mol. The molecule has 1 aliphatic heterocycles. The number of carbonyl (C=O) groups excluding carboxylic acids is 1. The van der Waals surface area contributed by atoms with Gasteiger partial charge in [0.2, 0.25) is 5.91 Å². The third-order valence-corrected chi connectivity index (χ3v) is 3.55. The molecule has 0 bridgehead atoms. The highest BCUT2D eigenvalue weighted by Gasteiger charge is 2.24. The van der Waals surface area contributed by atoms with Crippen LogP contribution >= 0.6 is 34.2 Å². The summed E-state index contributed by atoms with van der Waals surface area (Å²) in [6, 6.07) is 5.82.